The Balaban J connectivity index is 1.68. The first-order chi connectivity index (χ1) is 13.8. The van der Waals surface area contributed by atoms with Gasteiger partial charge in [0.1, 0.15) is 0 Å². The molecule has 0 fully saturated rings. The van der Waals surface area contributed by atoms with Gasteiger partial charge in [-0.3, -0.25) is 4.79 Å². The van der Waals surface area contributed by atoms with Crippen LogP contribution in [0, 0.1) is 0 Å². The summed E-state index contributed by atoms with van der Waals surface area (Å²) in [5.74, 6) is -0.792. The number of hydrogen-bond acceptors (Lipinski definition) is 2. The van der Waals surface area contributed by atoms with E-state index in [2.05, 4.69) is 10.4 Å². The molecule has 0 aliphatic heterocycles. The first-order valence-electron chi connectivity index (χ1n) is 9.14. The Bertz CT molecular complexity index is 1040. The summed E-state index contributed by atoms with van der Waals surface area (Å²) in [5, 5.41) is 6.99. The molecule has 1 atom stereocenters. The van der Waals surface area contributed by atoms with Crippen molar-refractivity contribution in [3.8, 4) is 5.69 Å². The number of hydrogen-bond donors (Lipinski definition) is 1. The number of fused-ring (bicyclic) bond motifs is 1. The van der Waals surface area contributed by atoms with Crippen molar-refractivity contribution >= 4 is 17.5 Å². The second-order valence-electron chi connectivity index (χ2n) is 6.91. The average Bonchev–Trinajstić information content (AvgIpc) is 3.15. The highest BCUT2D eigenvalue weighted by Crippen LogP contribution is 2.35. The Morgan fingerprint density at radius 1 is 1.14 bits per heavy atom. The summed E-state index contributed by atoms with van der Waals surface area (Å²) >= 11 is 5.82. The van der Waals surface area contributed by atoms with Crippen molar-refractivity contribution in [1.82, 2.24) is 15.1 Å². The molecule has 4 nitrogen and oxygen atoms in total. The third kappa shape index (κ3) is 3.87. The lowest BCUT2D eigenvalue weighted by Gasteiger charge is -2.26. The minimum Gasteiger partial charge on any atom is -0.345 e. The number of amides is 1. The van der Waals surface area contributed by atoms with Gasteiger partial charge in [-0.25, -0.2) is 4.68 Å². The predicted octanol–water partition coefficient (Wildman–Crippen LogP) is 5.35. The molecule has 3 aromatic rings. The van der Waals surface area contributed by atoms with E-state index < -0.39 is 23.3 Å². The van der Waals surface area contributed by atoms with Gasteiger partial charge in [0, 0.05) is 5.02 Å². The smallest absolute Gasteiger partial charge is 0.345 e. The number of carbonyl (C=O) groups excluding carboxylic acids is 1. The molecule has 0 bridgehead atoms. The molecule has 1 aliphatic rings. The van der Waals surface area contributed by atoms with Crippen LogP contribution in [-0.4, -0.2) is 15.7 Å². The normalized spacial score (nSPS) is 16.3. The fourth-order valence-electron chi connectivity index (χ4n) is 3.71. The molecule has 29 heavy (non-hydrogen) atoms. The number of nitrogens with one attached hydrogen (secondary N) is 1. The SMILES string of the molecule is O=C(N[C@H]1CCCc2ccccc21)c1cnn(-c2ccc(Cl)cc2)c1C(F)(F)F. The van der Waals surface area contributed by atoms with Crippen molar-refractivity contribution in [1.29, 1.82) is 0 Å². The van der Waals surface area contributed by atoms with Crippen molar-refractivity contribution < 1.29 is 18.0 Å². The second-order valence-corrected chi connectivity index (χ2v) is 7.35. The minimum absolute atomic E-state index is 0.170. The second kappa shape index (κ2) is 7.55. The first-order valence-corrected chi connectivity index (χ1v) is 9.52. The zero-order valence-electron chi connectivity index (χ0n) is 15.2. The van der Waals surface area contributed by atoms with E-state index in [9.17, 15) is 18.0 Å². The van der Waals surface area contributed by atoms with Crippen molar-refractivity contribution in [3.63, 3.8) is 0 Å². The number of halogens is 4. The summed E-state index contributed by atoms with van der Waals surface area (Å²) in [6.07, 6.45) is -1.37. The molecule has 8 heteroatoms. The molecule has 0 saturated carbocycles. The third-order valence-corrected chi connectivity index (χ3v) is 5.28. The highest BCUT2D eigenvalue weighted by atomic mass is 35.5. The van der Waals surface area contributed by atoms with Gasteiger partial charge in [-0.05, 0) is 54.7 Å². The van der Waals surface area contributed by atoms with Crippen molar-refractivity contribution in [2.45, 2.75) is 31.5 Å². The Hall–Kier alpha value is -2.80. The van der Waals surface area contributed by atoms with Gasteiger partial charge in [0.05, 0.1) is 23.5 Å². The molecule has 1 amide bonds. The summed E-state index contributed by atoms with van der Waals surface area (Å²) < 4.78 is 42.2. The van der Waals surface area contributed by atoms with E-state index in [4.69, 9.17) is 11.6 Å². The Morgan fingerprint density at radius 2 is 1.86 bits per heavy atom. The number of carbonyl (C=O) groups is 1. The van der Waals surface area contributed by atoms with Gasteiger partial charge in [-0.1, -0.05) is 35.9 Å². The summed E-state index contributed by atoms with van der Waals surface area (Å²) in [6, 6.07) is 13.1. The van der Waals surface area contributed by atoms with Crippen LogP contribution in [0.15, 0.2) is 54.7 Å². The van der Waals surface area contributed by atoms with E-state index in [1.807, 2.05) is 24.3 Å². The maximum atomic E-state index is 13.8. The molecule has 2 aromatic carbocycles. The summed E-state index contributed by atoms with van der Waals surface area (Å²) in [6.45, 7) is 0. The van der Waals surface area contributed by atoms with Crippen LogP contribution in [0.5, 0.6) is 0 Å². The van der Waals surface area contributed by atoms with E-state index in [0.717, 1.165) is 34.8 Å². The quantitative estimate of drug-likeness (QED) is 0.622. The zero-order chi connectivity index (χ0) is 20.6. The van der Waals surface area contributed by atoms with E-state index >= 15 is 0 Å². The molecule has 1 aromatic heterocycles. The van der Waals surface area contributed by atoms with Gasteiger partial charge in [-0.2, -0.15) is 18.3 Å². The molecular formula is C21H17ClF3N3O. The minimum atomic E-state index is -4.76. The van der Waals surface area contributed by atoms with Crippen molar-refractivity contribution in [2.75, 3.05) is 0 Å². The van der Waals surface area contributed by atoms with E-state index in [0.29, 0.717) is 11.4 Å². The van der Waals surface area contributed by atoms with Crippen LogP contribution >= 0.6 is 11.6 Å². The number of benzene rings is 2. The van der Waals surface area contributed by atoms with Gasteiger partial charge >= 0.3 is 6.18 Å². The molecule has 150 valence electrons. The van der Waals surface area contributed by atoms with Gasteiger partial charge in [0.15, 0.2) is 5.69 Å². The van der Waals surface area contributed by atoms with Gasteiger partial charge < -0.3 is 5.32 Å². The summed E-state index contributed by atoms with van der Waals surface area (Å²) in [7, 11) is 0. The fraction of sp³-hybridized carbons (Fsp3) is 0.238. The molecule has 0 saturated heterocycles. The maximum Gasteiger partial charge on any atom is 0.434 e. The zero-order valence-corrected chi connectivity index (χ0v) is 16.0. The number of alkyl halides is 3. The average molecular weight is 420 g/mol. The number of nitrogens with zero attached hydrogens (tertiary/aromatic N) is 2. The van der Waals surface area contributed by atoms with Crippen LogP contribution in [-0.2, 0) is 12.6 Å². The Morgan fingerprint density at radius 3 is 2.59 bits per heavy atom. The molecular weight excluding hydrogens is 403 g/mol. The standard InChI is InChI=1S/C21H17ClF3N3O/c22-14-8-10-15(11-9-14)28-19(21(23,24)25)17(12-26-28)20(29)27-18-7-3-5-13-4-1-2-6-16(13)18/h1-2,4,6,8-12,18H,3,5,7H2,(H,27,29)/t18-/m0/s1. The third-order valence-electron chi connectivity index (χ3n) is 5.03. The molecule has 0 radical (unpaired) electrons. The molecule has 0 unspecified atom stereocenters. The number of rotatable bonds is 3. The lowest BCUT2D eigenvalue weighted by molar-refractivity contribution is -0.143. The van der Waals surface area contributed by atoms with Crippen LogP contribution in [0.1, 0.15) is 46.1 Å². The van der Waals surface area contributed by atoms with Crippen molar-refractivity contribution in [2.24, 2.45) is 0 Å². The van der Waals surface area contributed by atoms with Gasteiger partial charge in [0.25, 0.3) is 5.91 Å². The van der Waals surface area contributed by atoms with E-state index in [1.54, 1.807) is 0 Å². The lowest BCUT2D eigenvalue weighted by Crippen LogP contribution is -2.32. The fourth-order valence-corrected chi connectivity index (χ4v) is 3.83. The van der Waals surface area contributed by atoms with Crippen LogP contribution in [0.3, 0.4) is 0 Å². The molecule has 1 N–H and O–H groups in total. The van der Waals surface area contributed by atoms with Gasteiger partial charge in [0.2, 0.25) is 0 Å². The maximum absolute atomic E-state index is 13.8. The monoisotopic (exact) mass is 419 g/mol. The Labute approximate surface area is 170 Å². The van der Waals surface area contributed by atoms with Gasteiger partial charge in [-0.15, -0.1) is 0 Å². The predicted molar refractivity (Wildman–Crippen MR) is 103 cm³/mol. The number of aromatic nitrogens is 2. The van der Waals surface area contributed by atoms with Crippen LogP contribution in [0.2, 0.25) is 5.02 Å². The first kappa shape index (κ1) is 19.5. The molecule has 1 aliphatic carbocycles. The highest BCUT2D eigenvalue weighted by molar-refractivity contribution is 6.30. The number of aryl methyl sites for hydroxylation is 1. The lowest BCUT2D eigenvalue weighted by atomic mass is 9.87. The highest BCUT2D eigenvalue weighted by Gasteiger charge is 2.41. The molecule has 4 rings (SSSR count). The molecule has 0 spiro atoms. The van der Waals surface area contributed by atoms with E-state index in [-0.39, 0.29) is 11.7 Å². The van der Waals surface area contributed by atoms with Crippen LogP contribution in [0.25, 0.3) is 5.69 Å². The Kier molecular flexibility index (Phi) is 5.08. The topological polar surface area (TPSA) is 46.9 Å². The largest absolute Gasteiger partial charge is 0.434 e. The van der Waals surface area contributed by atoms with Crippen molar-refractivity contribution in [3.05, 3.63) is 82.1 Å². The molecule has 1 heterocycles. The van der Waals surface area contributed by atoms with Crippen LogP contribution in [0.4, 0.5) is 13.2 Å². The van der Waals surface area contributed by atoms with E-state index in [1.165, 1.54) is 24.3 Å². The summed E-state index contributed by atoms with van der Waals surface area (Å²) in [4.78, 5) is 12.8. The van der Waals surface area contributed by atoms with Crippen LogP contribution < -0.4 is 5.32 Å². The summed E-state index contributed by atoms with van der Waals surface area (Å²) in [5.41, 5.74) is 0.614.